The first-order chi connectivity index (χ1) is 14.0. The van der Waals surface area contributed by atoms with E-state index in [0.717, 1.165) is 25.9 Å². The molecule has 0 atom stereocenters. The summed E-state index contributed by atoms with van der Waals surface area (Å²) >= 11 is 16.3. The van der Waals surface area contributed by atoms with Crippen molar-refractivity contribution < 1.29 is 9.21 Å². The fourth-order valence-electron chi connectivity index (χ4n) is 2.77. The summed E-state index contributed by atoms with van der Waals surface area (Å²) in [5, 5.41) is 7.17. The molecule has 2 aromatic carbocycles. The van der Waals surface area contributed by atoms with Gasteiger partial charge in [-0.2, -0.15) is 0 Å². The van der Waals surface area contributed by atoms with E-state index in [1.54, 1.807) is 0 Å². The molecular formula is C21H14BrClN2O2S2. The summed E-state index contributed by atoms with van der Waals surface area (Å²) in [7, 11) is 0. The van der Waals surface area contributed by atoms with Crippen LogP contribution >= 0.6 is 51.1 Å². The number of carbonyl (C=O) groups excluding carboxylic acids is 1. The van der Waals surface area contributed by atoms with Crippen molar-refractivity contribution in [3.05, 3.63) is 80.8 Å². The highest BCUT2D eigenvalue weighted by Crippen LogP contribution is 2.35. The van der Waals surface area contributed by atoms with Gasteiger partial charge in [-0.05, 0) is 42.5 Å². The third kappa shape index (κ3) is 4.53. The Balaban J connectivity index is 1.37. The van der Waals surface area contributed by atoms with E-state index in [4.69, 9.17) is 28.2 Å². The molecule has 0 aliphatic carbocycles. The van der Waals surface area contributed by atoms with Crippen molar-refractivity contribution in [2.45, 2.75) is 6.54 Å². The van der Waals surface area contributed by atoms with Gasteiger partial charge in [0.15, 0.2) is 5.11 Å². The van der Waals surface area contributed by atoms with Crippen molar-refractivity contribution in [1.29, 1.82) is 0 Å². The van der Waals surface area contributed by atoms with Gasteiger partial charge in [0, 0.05) is 20.1 Å². The second kappa shape index (κ2) is 8.67. The minimum absolute atomic E-state index is 0.213. The molecule has 2 aromatic heterocycles. The fraction of sp³-hybridized carbons (Fsp3) is 0.0476. The number of halogens is 2. The molecule has 0 unspecified atom stereocenters. The summed E-state index contributed by atoms with van der Waals surface area (Å²) < 4.78 is 7.80. The number of benzene rings is 2. The van der Waals surface area contributed by atoms with Gasteiger partial charge in [-0.1, -0.05) is 57.9 Å². The summed E-state index contributed by atoms with van der Waals surface area (Å²) in [5.74, 6) is 1.14. The van der Waals surface area contributed by atoms with Crippen LogP contribution in [-0.2, 0) is 6.54 Å². The van der Waals surface area contributed by atoms with Gasteiger partial charge < -0.3 is 9.73 Å². The maximum absolute atomic E-state index is 12.5. The molecule has 8 heteroatoms. The number of rotatable bonds is 4. The Hall–Kier alpha value is -2.19. The fourth-order valence-corrected chi connectivity index (χ4v) is 4.62. The standard InChI is InChI=1S/C21H14BrClN2O2S2/c22-13-7-5-12(6-8-13)16-10-9-14(27-16)11-24-21(28)25-20(26)19-18(23)15-3-1-2-4-17(15)29-19/h1-10H,11H2,(H2,24,25,26,28). The van der Waals surface area contributed by atoms with Crippen LogP contribution in [0.15, 0.2) is 69.6 Å². The molecule has 29 heavy (non-hydrogen) atoms. The van der Waals surface area contributed by atoms with Crippen molar-refractivity contribution in [3.8, 4) is 11.3 Å². The lowest BCUT2D eigenvalue weighted by atomic mass is 10.2. The third-order valence-corrected chi connectivity index (χ3v) is 6.63. The minimum Gasteiger partial charge on any atom is -0.459 e. The van der Waals surface area contributed by atoms with Gasteiger partial charge in [0.2, 0.25) is 0 Å². The third-order valence-electron chi connectivity index (χ3n) is 4.18. The molecule has 2 heterocycles. The van der Waals surface area contributed by atoms with E-state index >= 15 is 0 Å². The molecule has 4 rings (SSSR count). The van der Waals surface area contributed by atoms with Crippen LogP contribution in [0, 0.1) is 0 Å². The Morgan fingerprint density at radius 2 is 1.86 bits per heavy atom. The zero-order chi connectivity index (χ0) is 20.4. The van der Waals surface area contributed by atoms with E-state index in [-0.39, 0.29) is 11.0 Å². The van der Waals surface area contributed by atoms with Gasteiger partial charge in [-0.3, -0.25) is 10.1 Å². The number of furan rings is 1. The van der Waals surface area contributed by atoms with E-state index < -0.39 is 0 Å². The maximum atomic E-state index is 12.5. The van der Waals surface area contributed by atoms with Crippen LogP contribution in [0.2, 0.25) is 5.02 Å². The number of amides is 1. The summed E-state index contributed by atoms with van der Waals surface area (Å²) in [6, 6.07) is 19.3. The monoisotopic (exact) mass is 504 g/mol. The molecule has 0 spiro atoms. The lowest BCUT2D eigenvalue weighted by Crippen LogP contribution is -2.38. The van der Waals surface area contributed by atoms with Crippen molar-refractivity contribution in [2.75, 3.05) is 0 Å². The number of thiocarbonyl (C=S) groups is 1. The minimum atomic E-state index is -0.330. The van der Waals surface area contributed by atoms with Gasteiger partial charge in [-0.15, -0.1) is 11.3 Å². The molecule has 1 amide bonds. The second-order valence-electron chi connectivity index (χ2n) is 6.15. The zero-order valence-corrected chi connectivity index (χ0v) is 18.8. The number of hydrogen-bond acceptors (Lipinski definition) is 4. The SMILES string of the molecule is O=C(NC(=S)NCc1ccc(-c2ccc(Br)cc2)o1)c1sc2ccccc2c1Cl. The van der Waals surface area contributed by atoms with Crippen LogP contribution in [0.4, 0.5) is 0 Å². The predicted molar refractivity (Wildman–Crippen MR) is 126 cm³/mol. The maximum Gasteiger partial charge on any atom is 0.269 e. The highest BCUT2D eigenvalue weighted by atomic mass is 79.9. The molecule has 0 saturated heterocycles. The molecule has 4 nitrogen and oxygen atoms in total. The zero-order valence-electron chi connectivity index (χ0n) is 14.9. The number of carbonyl (C=O) groups is 1. The van der Waals surface area contributed by atoms with Gasteiger partial charge in [0.1, 0.15) is 16.4 Å². The Kier molecular flexibility index (Phi) is 6.01. The smallest absolute Gasteiger partial charge is 0.269 e. The Morgan fingerprint density at radius 3 is 2.62 bits per heavy atom. The van der Waals surface area contributed by atoms with E-state index in [0.29, 0.717) is 22.2 Å². The van der Waals surface area contributed by atoms with Gasteiger partial charge in [-0.25, -0.2) is 0 Å². The van der Waals surface area contributed by atoms with Crippen molar-refractivity contribution in [2.24, 2.45) is 0 Å². The quantitative estimate of drug-likeness (QED) is 0.316. The predicted octanol–water partition coefficient (Wildman–Crippen LogP) is 6.38. The van der Waals surface area contributed by atoms with Crippen LogP contribution in [0.25, 0.3) is 21.4 Å². The normalized spacial score (nSPS) is 10.8. The van der Waals surface area contributed by atoms with Gasteiger partial charge >= 0.3 is 0 Å². The van der Waals surface area contributed by atoms with Crippen LogP contribution in [0.5, 0.6) is 0 Å². The first-order valence-corrected chi connectivity index (χ1v) is 11.0. The Morgan fingerprint density at radius 1 is 1.10 bits per heavy atom. The number of fused-ring (bicyclic) bond motifs is 1. The lowest BCUT2D eigenvalue weighted by Gasteiger charge is -2.07. The second-order valence-corrected chi connectivity index (χ2v) is 8.91. The van der Waals surface area contributed by atoms with E-state index in [1.165, 1.54) is 11.3 Å². The Bertz CT molecular complexity index is 1200. The topological polar surface area (TPSA) is 54.3 Å². The lowest BCUT2D eigenvalue weighted by molar-refractivity contribution is 0.0980. The molecule has 4 aromatic rings. The summed E-state index contributed by atoms with van der Waals surface area (Å²) in [4.78, 5) is 13.0. The van der Waals surface area contributed by atoms with Crippen molar-refractivity contribution in [3.63, 3.8) is 0 Å². The van der Waals surface area contributed by atoms with Gasteiger partial charge in [0.05, 0.1) is 11.6 Å². The molecule has 0 saturated carbocycles. The van der Waals surface area contributed by atoms with Crippen LogP contribution < -0.4 is 10.6 Å². The summed E-state index contributed by atoms with van der Waals surface area (Å²) in [5.41, 5.74) is 0.981. The highest BCUT2D eigenvalue weighted by molar-refractivity contribution is 9.10. The first kappa shape index (κ1) is 20.1. The molecule has 0 aliphatic rings. The van der Waals surface area contributed by atoms with Crippen LogP contribution in [0.3, 0.4) is 0 Å². The summed E-state index contributed by atoms with van der Waals surface area (Å²) in [6.07, 6.45) is 0. The summed E-state index contributed by atoms with van der Waals surface area (Å²) in [6.45, 7) is 0.357. The molecule has 0 bridgehead atoms. The number of thiophene rings is 1. The molecule has 146 valence electrons. The molecule has 2 N–H and O–H groups in total. The van der Waals surface area contributed by atoms with Crippen LogP contribution in [-0.4, -0.2) is 11.0 Å². The van der Waals surface area contributed by atoms with E-state index in [2.05, 4.69) is 26.6 Å². The molecule has 0 aliphatic heterocycles. The molecule has 0 fully saturated rings. The van der Waals surface area contributed by atoms with E-state index in [1.807, 2.05) is 60.7 Å². The number of hydrogen-bond donors (Lipinski definition) is 2. The average Bonchev–Trinajstić information content (AvgIpc) is 3.32. The number of nitrogens with one attached hydrogen (secondary N) is 2. The highest BCUT2D eigenvalue weighted by Gasteiger charge is 2.17. The van der Waals surface area contributed by atoms with Crippen LogP contribution in [0.1, 0.15) is 15.4 Å². The largest absolute Gasteiger partial charge is 0.459 e. The van der Waals surface area contributed by atoms with E-state index in [9.17, 15) is 4.79 Å². The average molecular weight is 506 g/mol. The Labute approximate surface area is 190 Å². The van der Waals surface area contributed by atoms with Crippen molar-refractivity contribution in [1.82, 2.24) is 10.6 Å². The first-order valence-electron chi connectivity index (χ1n) is 8.62. The van der Waals surface area contributed by atoms with Gasteiger partial charge in [0.25, 0.3) is 5.91 Å². The molecular weight excluding hydrogens is 492 g/mol. The molecule has 0 radical (unpaired) electrons. The van der Waals surface area contributed by atoms with Crippen molar-refractivity contribution >= 4 is 72.2 Å².